The summed E-state index contributed by atoms with van der Waals surface area (Å²) in [6.07, 6.45) is -0.913. The molecule has 0 aromatic rings. The summed E-state index contributed by atoms with van der Waals surface area (Å²) >= 11 is 0. The minimum absolute atomic E-state index is 0.0221. The lowest BCUT2D eigenvalue weighted by atomic mass is 9.91. The minimum atomic E-state index is -1.98. The molecule has 0 radical (unpaired) electrons. The highest BCUT2D eigenvalue weighted by molar-refractivity contribution is 8.01. The molecular weight excluding hydrogens is 418 g/mol. The van der Waals surface area contributed by atoms with Gasteiger partial charge in [0.25, 0.3) is 0 Å². The maximum Gasteiger partial charge on any atom is 0.386 e. The highest BCUT2D eigenvalue weighted by Gasteiger charge is 2.62. The van der Waals surface area contributed by atoms with Crippen LogP contribution in [-0.4, -0.2) is 61.0 Å². The second-order valence-electron chi connectivity index (χ2n) is 7.85. The van der Waals surface area contributed by atoms with E-state index in [1.54, 1.807) is 20.8 Å². The number of nitrogens with zero attached hydrogens (tertiary/aromatic N) is 3. The predicted octanol–water partition coefficient (Wildman–Crippen LogP) is 0.477. The molecule has 0 bridgehead atoms. The number of carbonyl (C=O) groups excluding carboxylic acids is 4. The van der Waals surface area contributed by atoms with E-state index in [-0.39, 0.29) is 16.3 Å². The van der Waals surface area contributed by atoms with Crippen molar-refractivity contribution in [2.24, 2.45) is 11.3 Å². The predicted molar refractivity (Wildman–Crippen MR) is 101 cm³/mol. The van der Waals surface area contributed by atoms with Gasteiger partial charge < -0.3 is 19.7 Å². The van der Waals surface area contributed by atoms with Gasteiger partial charge in [-0.3, -0.25) is 19.3 Å². The van der Waals surface area contributed by atoms with Crippen molar-refractivity contribution in [3.8, 4) is 0 Å². The summed E-state index contributed by atoms with van der Waals surface area (Å²) in [5.74, 6) is -3.85. The van der Waals surface area contributed by atoms with E-state index in [1.807, 2.05) is 0 Å². The van der Waals surface area contributed by atoms with Crippen LogP contribution in [0.5, 0.6) is 0 Å². The Morgan fingerprint density at radius 3 is 2.37 bits per heavy atom. The van der Waals surface area contributed by atoms with Crippen molar-refractivity contribution in [1.82, 2.24) is 4.90 Å². The van der Waals surface area contributed by atoms with E-state index in [0.29, 0.717) is 0 Å². The molecular formula is C18H23N3O8S. The summed E-state index contributed by atoms with van der Waals surface area (Å²) in [5, 5.41) is -1.39. The lowest BCUT2D eigenvalue weighted by molar-refractivity contribution is -0.176. The Balaban J connectivity index is 2.28. The molecule has 0 aliphatic carbocycles. The zero-order valence-electron chi connectivity index (χ0n) is 17.5. The van der Waals surface area contributed by atoms with E-state index in [4.69, 9.17) is 14.2 Å². The minimum Gasteiger partial charge on any atom is -0.462 e. The van der Waals surface area contributed by atoms with Crippen LogP contribution in [0, 0.1) is 11.3 Å². The van der Waals surface area contributed by atoms with Gasteiger partial charge in [0.1, 0.15) is 23.1 Å². The third-order valence-corrected chi connectivity index (χ3v) is 6.26. The maximum atomic E-state index is 12.8. The van der Waals surface area contributed by atoms with E-state index in [1.165, 1.54) is 20.8 Å². The van der Waals surface area contributed by atoms with Crippen LogP contribution in [0.4, 0.5) is 0 Å². The molecule has 0 aromatic carbocycles. The average molecular weight is 441 g/mol. The van der Waals surface area contributed by atoms with E-state index < -0.39 is 64.2 Å². The number of hydrogen-bond acceptors (Lipinski definition) is 8. The number of ether oxygens (including phenoxy) is 3. The molecule has 1 saturated heterocycles. The Kier molecular flexibility index (Phi) is 6.63. The fraction of sp³-hybridized carbons (Fsp3) is 0.611. The second kappa shape index (κ2) is 8.49. The zero-order valence-corrected chi connectivity index (χ0v) is 18.3. The van der Waals surface area contributed by atoms with E-state index >= 15 is 0 Å². The summed E-state index contributed by atoms with van der Waals surface area (Å²) in [5.41, 5.74) is 8.17. The normalized spacial score (nSPS) is 24.3. The molecule has 30 heavy (non-hydrogen) atoms. The van der Waals surface area contributed by atoms with Crippen LogP contribution >= 0.6 is 0 Å². The molecule has 2 aliphatic rings. The largest absolute Gasteiger partial charge is 0.462 e. The molecule has 4 atom stereocenters. The van der Waals surface area contributed by atoms with Gasteiger partial charge in [0, 0.05) is 6.92 Å². The molecule has 2 aliphatic heterocycles. The summed E-state index contributed by atoms with van der Waals surface area (Å²) in [6.45, 7) is 8.15. The van der Waals surface area contributed by atoms with Gasteiger partial charge in [-0.05, 0) is 34.6 Å². The molecule has 11 nitrogen and oxygen atoms in total. The Morgan fingerprint density at radius 2 is 1.87 bits per heavy atom. The average Bonchev–Trinajstić information content (AvgIpc) is 2.61. The fourth-order valence-corrected chi connectivity index (χ4v) is 4.77. The first-order chi connectivity index (χ1) is 13.8. The maximum absolute atomic E-state index is 12.8. The topological polar surface area (TPSA) is 153 Å². The van der Waals surface area contributed by atoms with Crippen LogP contribution in [-0.2, 0) is 44.2 Å². The van der Waals surface area contributed by atoms with Gasteiger partial charge in [-0.1, -0.05) is 0 Å². The molecule has 1 fully saturated rings. The van der Waals surface area contributed by atoms with E-state index in [9.17, 15) is 28.9 Å². The third kappa shape index (κ3) is 4.19. The lowest BCUT2D eigenvalue weighted by Crippen LogP contribution is -2.69. The van der Waals surface area contributed by atoms with Crippen LogP contribution < -0.4 is 0 Å². The van der Waals surface area contributed by atoms with Gasteiger partial charge in [0.2, 0.25) is 12.7 Å². The number of amides is 1. The molecule has 0 N–H and O–H groups in total. The summed E-state index contributed by atoms with van der Waals surface area (Å²) in [4.78, 5) is 52.3. The first-order valence-electron chi connectivity index (χ1n) is 9.01. The Labute approximate surface area is 175 Å². The molecule has 2 unspecified atom stereocenters. The van der Waals surface area contributed by atoms with Gasteiger partial charge in [0.05, 0.1) is 11.0 Å². The van der Waals surface area contributed by atoms with Crippen LogP contribution in [0.3, 0.4) is 0 Å². The number of esters is 3. The Bertz CT molecular complexity index is 913. The second-order valence-corrected chi connectivity index (χ2v) is 9.31. The van der Waals surface area contributed by atoms with Crippen LogP contribution in [0.2, 0.25) is 0 Å². The standard InChI is InChI=1S/C18H23N3O8S/c1-8-12(16(24)27-7-28-17(25)18(4,5)6)21-14(23)11(9(2)29-10(3)22)15(21)30(26)13(8)20-19/h9,11,15H,7H2,1-6H3/t9?,11?,15-,30-/m0/s1. The van der Waals surface area contributed by atoms with Crippen molar-refractivity contribution in [3.05, 3.63) is 16.8 Å². The van der Waals surface area contributed by atoms with Gasteiger partial charge in [-0.15, -0.1) is 0 Å². The molecule has 1 amide bonds. The number of fused-ring (bicyclic) bond motifs is 1. The molecule has 0 spiro atoms. The lowest BCUT2D eigenvalue weighted by Gasteiger charge is -2.49. The fourth-order valence-electron chi connectivity index (χ4n) is 3.06. The van der Waals surface area contributed by atoms with Gasteiger partial charge in [0.15, 0.2) is 10.8 Å². The van der Waals surface area contributed by atoms with Gasteiger partial charge >= 0.3 is 23.0 Å². The van der Waals surface area contributed by atoms with Crippen LogP contribution in [0.25, 0.3) is 5.53 Å². The molecule has 2 heterocycles. The zero-order chi connectivity index (χ0) is 23.0. The monoisotopic (exact) mass is 441 g/mol. The number of rotatable bonds is 5. The van der Waals surface area contributed by atoms with E-state index in [2.05, 4.69) is 4.79 Å². The van der Waals surface area contributed by atoms with Crippen molar-refractivity contribution in [3.63, 3.8) is 0 Å². The Hall–Kier alpha value is -2.85. The smallest absolute Gasteiger partial charge is 0.386 e. The van der Waals surface area contributed by atoms with Gasteiger partial charge in [-0.2, -0.15) is 4.79 Å². The summed E-state index contributed by atoms with van der Waals surface area (Å²) < 4.78 is 27.6. The number of β-lactam (4-membered cyclic amide) rings is 1. The van der Waals surface area contributed by atoms with Crippen LogP contribution in [0.1, 0.15) is 41.5 Å². The molecule has 0 saturated carbocycles. The highest BCUT2D eigenvalue weighted by atomic mass is 32.2. The van der Waals surface area contributed by atoms with Gasteiger partial charge in [-0.25, -0.2) is 9.00 Å². The van der Waals surface area contributed by atoms with Crippen molar-refractivity contribution in [2.75, 3.05) is 6.79 Å². The summed E-state index contributed by atoms with van der Waals surface area (Å²) in [7, 11) is -1.98. The van der Waals surface area contributed by atoms with Crippen LogP contribution in [0.15, 0.2) is 11.3 Å². The Morgan fingerprint density at radius 1 is 1.27 bits per heavy atom. The molecule has 164 valence electrons. The van der Waals surface area contributed by atoms with Crippen molar-refractivity contribution >= 4 is 39.7 Å². The third-order valence-electron chi connectivity index (χ3n) is 4.55. The quantitative estimate of drug-likeness (QED) is 0.196. The van der Waals surface area contributed by atoms with Crippen molar-refractivity contribution < 1.29 is 42.4 Å². The SMILES string of the molecule is CC(=O)OC(C)C1C(=O)N2C(C(=O)OCOC(=O)C(C)(C)C)=C(C)C(=[N+]=[N-])[S@](=O)[C@@H]12. The molecule has 12 heteroatoms. The first kappa shape index (κ1) is 23.4. The number of carbonyl (C=O) groups is 4. The van der Waals surface area contributed by atoms with Crippen molar-refractivity contribution in [2.45, 2.75) is 53.0 Å². The first-order valence-corrected chi connectivity index (χ1v) is 10.2. The molecule has 2 rings (SSSR count). The molecule has 0 aromatic heterocycles. The van der Waals surface area contributed by atoms with E-state index in [0.717, 1.165) is 4.90 Å². The summed E-state index contributed by atoms with van der Waals surface area (Å²) in [6, 6.07) is 0. The number of hydrogen-bond donors (Lipinski definition) is 0. The van der Waals surface area contributed by atoms with Crippen molar-refractivity contribution in [1.29, 1.82) is 0 Å². The highest BCUT2D eigenvalue weighted by Crippen LogP contribution is 2.41.